The highest BCUT2D eigenvalue weighted by Crippen LogP contribution is 2.13. The summed E-state index contributed by atoms with van der Waals surface area (Å²) in [5, 5.41) is 5.62. The van der Waals surface area contributed by atoms with Crippen LogP contribution in [-0.2, 0) is 0 Å². The predicted molar refractivity (Wildman–Crippen MR) is 79.0 cm³/mol. The second kappa shape index (κ2) is 8.17. The summed E-state index contributed by atoms with van der Waals surface area (Å²) >= 11 is 0. The normalized spacial score (nSPS) is 9.42. The number of carbonyl (C=O) groups excluding carboxylic acids is 1. The van der Waals surface area contributed by atoms with Crippen LogP contribution in [0.2, 0.25) is 0 Å². The van der Waals surface area contributed by atoms with Crippen LogP contribution in [0.4, 0.5) is 10.5 Å². The van der Waals surface area contributed by atoms with Crippen molar-refractivity contribution in [1.29, 1.82) is 0 Å². The van der Waals surface area contributed by atoms with E-state index in [4.69, 9.17) is 5.73 Å². The number of amides is 2. The summed E-state index contributed by atoms with van der Waals surface area (Å²) < 4.78 is 0. The Bertz CT molecular complexity index is 486. The molecule has 0 unspecified atom stereocenters. The molecule has 1 aromatic carbocycles. The lowest BCUT2D eigenvalue weighted by Crippen LogP contribution is -2.29. The van der Waals surface area contributed by atoms with E-state index in [1.807, 2.05) is 25.1 Å². The van der Waals surface area contributed by atoms with Crippen molar-refractivity contribution >= 4 is 11.7 Å². The van der Waals surface area contributed by atoms with Gasteiger partial charge in [0.15, 0.2) is 0 Å². The fourth-order valence-corrected chi connectivity index (χ4v) is 1.63. The Hall–Kier alpha value is -1.99. The SMILES string of the molecule is CCCCNC(=O)Nc1cc(C)cc(C#CCN)c1. The van der Waals surface area contributed by atoms with Gasteiger partial charge in [-0.1, -0.05) is 25.2 Å². The van der Waals surface area contributed by atoms with E-state index in [0.29, 0.717) is 13.1 Å². The molecule has 4 nitrogen and oxygen atoms in total. The summed E-state index contributed by atoms with van der Waals surface area (Å²) in [7, 11) is 0. The Balaban J connectivity index is 2.67. The highest BCUT2D eigenvalue weighted by Gasteiger charge is 2.02. The van der Waals surface area contributed by atoms with Crippen LogP contribution in [0, 0.1) is 18.8 Å². The second-order valence-corrected chi connectivity index (χ2v) is 4.33. The zero-order valence-electron chi connectivity index (χ0n) is 11.5. The number of anilines is 1. The van der Waals surface area contributed by atoms with Gasteiger partial charge in [-0.2, -0.15) is 0 Å². The molecule has 0 aliphatic carbocycles. The van der Waals surface area contributed by atoms with Crippen molar-refractivity contribution in [3.05, 3.63) is 29.3 Å². The van der Waals surface area contributed by atoms with Gasteiger partial charge < -0.3 is 16.4 Å². The fraction of sp³-hybridized carbons (Fsp3) is 0.400. The number of hydrogen-bond donors (Lipinski definition) is 3. The number of rotatable bonds is 4. The topological polar surface area (TPSA) is 67.2 Å². The molecular formula is C15H21N3O. The second-order valence-electron chi connectivity index (χ2n) is 4.33. The Morgan fingerprint density at radius 2 is 2.16 bits per heavy atom. The zero-order chi connectivity index (χ0) is 14.1. The molecule has 0 spiro atoms. The molecule has 0 aliphatic heterocycles. The Kier molecular flexibility index (Phi) is 6.48. The van der Waals surface area contributed by atoms with E-state index >= 15 is 0 Å². The number of urea groups is 1. The minimum atomic E-state index is -0.184. The summed E-state index contributed by atoms with van der Waals surface area (Å²) in [6, 6.07) is 5.53. The molecule has 2 amide bonds. The minimum absolute atomic E-state index is 0.184. The van der Waals surface area contributed by atoms with E-state index in [2.05, 4.69) is 29.4 Å². The van der Waals surface area contributed by atoms with Crippen molar-refractivity contribution in [2.24, 2.45) is 5.73 Å². The van der Waals surface area contributed by atoms with Gasteiger partial charge in [0.25, 0.3) is 0 Å². The predicted octanol–water partition coefficient (Wildman–Crippen LogP) is 2.23. The van der Waals surface area contributed by atoms with Crippen LogP contribution < -0.4 is 16.4 Å². The summed E-state index contributed by atoms with van der Waals surface area (Å²) in [5.74, 6) is 5.77. The standard InChI is InChI=1S/C15H21N3O/c1-3-4-8-17-15(19)18-14-10-12(2)9-13(11-14)6-5-7-16/h9-11H,3-4,7-8,16H2,1-2H3,(H2,17,18,19). The average Bonchev–Trinajstić information content (AvgIpc) is 2.36. The number of nitrogens with two attached hydrogens (primary N) is 1. The summed E-state index contributed by atoms with van der Waals surface area (Å²) in [5.41, 5.74) is 8.00. The lowest BCUT2D eigenvalue weighted by Gasteiger charge is -2.08. The maximum Gasteiger partial charge on any atom is 0.319 e. The van der Waals surface area contributed by atoms with Crippen molar-refractivity contribution in [3.8, 4) is 11.8 Å². The van der Waals surface area contributed by atoms with Gasteiger partial charge in [-0.3, -0.25) is 0 Å². The molecule has 0 bridgehead atoms. The molecule has 0 saturated heterocycles. The van der Waals surface area contributed by atoms with E-state index in [1.54, 1.807) is 0 Å². The first kappa shape index (κ1) is 15.1. The van der Waals surface area contributed by atoms with E-state index in [-0.39, 0.29) is 6.03 Å². The van der Waals surface area contributed by atoms with E-state index < -0.39 is 0 Å². The number of hydrogen-bond acceptors (Lipinski definition) is 2. The molecule has 19 heavy (non-hydrogen) atoms. The molecule has 102 valence electrons. The van der Waals surface area contributed by atoms with Crippen molar-refractivity contribution < 1.29 is 4.79 Å². The van der Waals surface area contributed by atoms with Gasteiger partial charge >= 0.3 is 6.03 Å². The van der Waals surface area contributed by atoms with Crippen LogP contribution in [0.15, 0.2) is 18.2 Å². The molecular weight excluding hydrogens is 238 g/mol. The van der Waals surface area contributed by atoms with E-state index in [1.165, 1.54) is 0 Å². The molecule has 4 heteroatoms. The number of aryl methyl sites for hydroxylation is 1. The van der Waals surface area contributed by atoms with Crippen molar-refractivity contribution in [2.45, 2.75) is 26.7 Å². The van der Waals surface area contributed by atoms with Crippen molar-refractivity contribution in [2.75, 3.05) is 18.4 Å². The first-order chi connectivity index (χ1) is 9.15. The molecule has 1 aromatic rings. The summed E-state index contributed by atoms with van der Waals surface area (Å²) in [4.78, 5) is 11.6. The molecule has 0 aliphatic rings. The number of benzene rings is 1. The molecule has 0 fully saturated rings. The Morgan fingerprint density at radius 1 is 1.37 bits per heavy atom. The number of unbranched alkanes of at least 4 members (excludes halogenated alkanes) is 1. The summed E-state index contributed by atoms with van der Waals surface area (Å²) in [6.45, 7) is 5.07. The molecule has 0 atom stereocenters. The molecule has 0 aromatic heterocycles. The van der Waals surface area contributed by atoms with E-state index in [0.717, 1.165) is 29.7 Å². The number of nitrogens with one attached hydrogen (secondary N) is 2. The van der Waals surface area contributed by atoms with Gasteiger partial charge in [0.2, 0.25) is 0 Å². The van der Waals surface area contributed by atoms with Crippen LogP contribution in [-0.4, -0.2) is 19.1 Å². The zero-order valence-corrected chi connectivity index (χ0v) is 11.5. The maximum absolute atomic E-state index is 11.6. The van der Waals surface area contributed by atoms with Gasteiger partial charge in [0, 0.05) is 17.8 Å². The van der Waals surface area contributed by atoms with Crippen LogP contribution >= 0.6 is 0 Å². The minimum Gasteiger partial charge on any atom is -0.338 e. The first-order valence-corrected chi connectivity index (χ1v) is 6.51. The smallest absolute Gasteiger partial charge is 0.319 e. The number of carbonyl (C=O) groups is 1. The highest BCUT2D eigenvalue weighted by atomic mass is 16.2. The van der Waals surface area contributed by atoms with Crippen molar-refractivity contribution in [3.63, 3.8) is 0 Å². The first-order valence-electron chi connectivity index (χ1n) is 6.51. The van der Waals surface area contributed by atoms with Gasteiger partial charge in [0.1, 0.15) is 0 Å². The largest absolute Gasteiger partial charge is 0.338 e. The highest BCUT2D eigenvalue weighted by molar-refractivity contribution is 5.89. The van der Waals surface area contributed by atoms with E-state index in [9.17, 15) is 4.79 Å². The Morgan fingerprint density at radius 3 is 2.84 bits per heavy atom. The summed E-state index contributed by atoms with van der Waals surface area (Å²) in [6.07, 6.45) is 2.04. The third-order valence-electron chi connectivity index (χ3n) is 2.49. The van der Waals surface area contributed by atoms with Crippen LogP contribution in [0.3, 0.4) is 0 Å². The maximum atomic E-state index is 11.6. The quantitative estimate of drug-likeness (QED) is 0.573. The molecule has 0 radical (unpaired) electrons. The van der Waals surface area contributed by atoms with Gasteiger partial charge in [-0.15, -0.1) is 0 Å². The molecule has 0 heterocycles. The molecule has 0 saturated carbocycles. The van der Waals surface area contributed by atoms with Crippen LogP contribution in [0.5, 0.6) is 0 Å². The third kappa shape index (κ3) is 5.94. The third-order valence-corrected chi connectivity index (χ3v) is 2.49. The molecule has 4 N–H and O–H groups in total. The fourth-order valence-electron chi connectivity index (χ4n) is 1.63. The lowest BCUT2D eigenvalue weighted by atomic mass is 10.1. The Labute approximate surface area is 114 Å². The monoisotopic (exact) mass is 259 g/mol. The van der Waals surface area contributed by atoms with Crippen LogP contribution in [0.25, 0.3) is 0 Å². The van der Waals surface area contributed by atoms with Gasteiger partial charge in [0.05, 0.1) is 6.54 Å². The lowest BCUT2D eigenvalue weighted by molar-refractivity contribution is 0.252. The van der Waals surface area contributed by atoms with Gasteiger partial charge in [-0.05, 0) is 37.1 Å². The average molecular weight is 259 g/mol. The van der Waals surface area contributed by atoms with Gasteiger partial charge in [-0.25, -0.2) is 4.79 Å². The van der Waals surface area contributed by atoms with Crippen molar-refractivity contribution in [1.82, 2.24) is 5.32 Å². The van der Waals surface area contributed by atoms with Crippen LogP contribution in [0.1, 0.15) is 30.9 Å². The molecule has 1 rings (SSSR count).